The zero-order chi connectivity index (χ0) is 13.1. The Balaban J connectivity index is 4.40. The summed E-state index contributed by atoms with van der Waals surface area (Å²) in [6.45, 7) is 9.48. The van der Waals surface area contributed by atoms with Crippen LogP contribution in [0.1, 0.15) is 47.0 Å². The fourth-order valence-electron chi connectivity index (χ4n) is 1.79. The molecule has 0 saturated carbocycles. The van der Waals surface area contributed by atoms with E-state index < -0.39 is 8.80 Å². The molecule has 0 bridgehead atoms. The minimum Gasteiger partial charge on any atom is -0.374 e. The number of alkyl halides is 1. The van der Waals surface area contributed by atoms with Crippen LogP contribution in [-0.4, -0.2) is 34.0 Å². The Morgan fingerprint density at radius 2 is 1.71 bits per heavy atom. The zero-order valence-electron chi connectivity index (χ0n) is 11.6. The van der Waals surface area contributed by atoms with E-state index in [0.29, 0.717) is 19.1 Å². The highest BCUT2D eigenvalue weighted by Crippen LogP contribution is 2.21. The highest BCUT2D eigenvalue weighted by molar-refractivity contribution is 6.60. The monoisotopic (exact) mass is 282 g/mol. The van der Waals surface area contributed by atoms with E-state index in [2.05, 4.69) is 13.8 Å². The van der Waals surface area contributed by atoms with Gasteiger partial charge < -0.3 is 13.3 Å². The van der Waals surface area contributed by atoms with E-state index in [1.807, 2.05) is 13.8 Å². The third-order valence-electron chi connectivity index (χ3n) is 2.41. The molecule has 17 heavy (non-hydrogen) atoms. The molecule has 0 aromatic heterocycles. The molecule has 3 nitrogen and oxygen atoms in total. The van der Waals surface area contributed by atoms with E-state index >= 15 is 0 Å². The van der Waals surface area contributed by atoms with Gasteiger partial charge in [0.25, 0.3) is 0 Å². The molecule has 0 aromatic rings. The van der Waals surface area contributed by atoms with Crippen molar-refractivity contribution in [2.24, 2.45) is 0 Å². The average Bonchev–Trinajstić information content (AvgIpc) is 2.27. The molecule has 0 N–H and O–H groups in total. The van der Waals surface area contributed by atoms with Crippen molar-refractivity contribution in [1.29, 1.82) is 0 Å². The maximum absolute atomic E-state index is 6.10. The van der Waals surface area contributed by atoms with Crippen LogP contribution in [0.4, 0.5) is 0 Å². The van der Waals surface area contributed by atoms with Gasteiger partial charge in [0.2, 0.25) is 0 Å². The Morgan fingerprint density at radius 3 is 2.12 bits per heavy atom. The Labute approximate surface area is 112 Å². The molecule has 0 aliphatic carbocycles. The summed E-state index contributed by atoms with van der Waals surface area (Å²) in [6, 6.07) is 0.889. The number of rotatable bonds is 11. The summed E-state index contributed by atoms with van der Waals surface area (Å²) < 4.78 is 17.7. The molecule has 0 fully saturated rings. The van der Waals surface area contributed by atoms with Crippen molar-refractivity contribution in [2.45, 2.75) is 59.1 Å². The van der Waals surface area contributed by atoms with Gasteiger partial charge in [-0.3, -0.25) is 0 Å². The fourth-order valence-corrected chi connectivity index (χ4v) is 4.79. The summed E-state index contributed by atoms with van der Waals surface area (Å²) in [4.78, 5) is 0. The van der Waals surface area contributed by atoms with Crippen molar-refractivity contribution in [1.82, 2.24) is 0 Å². The van der Waals surface area contributed by atoms with Gasteiger partial charge in [-0.25, -0.2) is 0 Å². The van der Waals surface area contributed by atoms with Crippen molar-refractivity contribution in [3.8, 4) is 0 Å². The topological polar surface area (TPSA) is 27.7 Å². The average molecular weight is 283 g/mol. The van der Waals surface area contributed by atoms with Crippen LogP contribution in [0.5, 0.6) is 0 Å². The van der Waals surface area contributed by atoms with E-state index in [4.69, 9.17) is 24.9 Å². The van der Waals surface area contributed by atoms with Crippen molar-refractivity contribution >= 4 is 20.4 Å². The first-order chi connectivity index (χ1) is 8.14. The lowest BCUT2D eigenvalue weighted by Crippen LogP contribution is -2.48. The lowest BCUT2D eigenvalue weighted by molar-refractivity contribution is 0.0353. The molecule has 0 aromatic carbocycles. The van der Waals surface area contributed by atoms with Gasteiger partial charge in [-0.05, 0) is 33.6 Å². The summed E-state index contributed by atoms with van der Waals surface area (Å²) >= 11 is 5.69. The van der Waals surface area contributed by atoms with E-state index in [1.165, 1.54) is 0 Å². The number of hydrogen-bond donors (Lipinski definition) is 0. The maximum atomic E-state index is 6.10. The van der Waals surface area contributed by atoms with Crippen molar-refractivity contribution in [3.05, 3.63) is 0 Å². The molecule has 0 amide bonds. The molecular weight excluding hydrogens is 256 g/mol. The molecule has 0 saturated heterocycles. The molecule has 0 radical (unpaired) electrons. The predicted molar refractivity (Wildman–Crippen MR) is 74.6 cm³/mol. The van der Waals surface area contributed by atoms with Crippen LogP contribution in [-0.2, 0) is 13.3 Å². The number of hydrogen-bond acceptors (Lipinski definition) is 3. The SMILES string of the molecule is CCC[Si](OCC)(OCC)OC(C)CCCCl. The van der Waals surface area contributed by atoms with Gasteiger partial charge in [0.1, 0.15) is 0 Å². The summed E-state index contributed by atoms with van der Waals surface area (Å²) in [5, 5.41) is 0. The number of halogens is 1. The first kappa shape index (κ1) is 17.4. The van der Waals surface area contributed by atoms with Gasteiger partial charge in [-0.2, -0.15) is 0 Å². The minimum atomic E-state index is -2.45. The largest absolute Gasteiger partial charge is 0.501 e. The summed E-state index contributed by atoms with van der Waals surface area (Å²) in [5.41, 5.74) is 0. The van der Waals surface area contributed by atoms with Gasteiger partial charge >= 0.3 is 8.80 Å². The fraction of sp³-hybridized carbons (Fsp3) is 1.00. The lowest BCUT2D eigenvalue weighted by atomic mass is 10.2. The molecular formula is C12H27ClO3Si. The highest BCUT2D eigenvalue weighted by atomic mass is 35.5. The summed E-state index contributed by atoms with van der Waals surface area (Å²) in [6.07, 6.45) is 3.11. The second kappa shape index (κ2) is 10.3. The molecule has 0 spiro atoms. The van der Waals surface area contributed by atoms with Crippen LogP contribution in [0.2, 0.25) is 6.04 Å². The van der Waals surface area contributed by atoms with Crippen LogP contribution >= 0.6 is 11.6 Å². The third-order valence-corrected chi connectivity index (χ3v) is 6.01. The van der Waals surface area contributed by atoms with Crippen LogP contribution in [0, 0.1) is 0 Å². The zero-order valence-corrected chi connectivity index (χ0v) is 13.4. The molecule has 104 valence electrons. The van der Waals surface area contributed by atoms with E-state index in [-0.39, 0.29) is 6.10 Å². The normalized spacial score (nSPS) is 13.9. The van der Waals surface area contributed by atoms with Gasteiger partial charge in [0, 0.05) is 31.2 Å². The van der Waals surface area contributed by atoms with Crippen LogP contribution in [0.25, 0.3) is 0 Å². The molecule has 0 aliphatic heterocycles. The summed E-state index contributed by atoms with van der Waals surface area (Å²) in [5.74, 6) is 0.680. The Morgan fingerprint density at radius 1 is 1.12 bits per heavy atom. The van der Waals surface area contributed by atoms with E-state index in [1.54, 1.807) is 0 Å². The van der Waals surface area contributed by atoms with Gasteiger partial charge in [-0.1, -0.05) is 13.3 Å². The standard InChI is InChI=1S/C12H27ClO3Si/c1-5-11-17(14-6-2,15-7-3)16-12(4)9-8-10-13/h12H,5-11H2,1-4H3. The van der Waals surface area contributed by atoms with Crippen molar-refractivity contribution in [2.75, 3.05) is 19.1 Å². The quantitative estimate of drug-likeness (QED) is 0.426. The molecule has 1 atom stereocenters. The van der Waals surface area contributed by atoms with Crippen LogP contribution < -0.4 is 0 Å². The minimum absolute atomic E-state index is 0.157. The molecule has 0 rings (SSSR count). The molecule has 0 heterocycles. The lowest BCUT2D eigenvalue weighted by Gasteiger charge is -2.31. The first-order valence-corrected chi connectivity index (χ1v) is 9.12. The van der Waals surface area contributed by atoms with E-state index in [9.17, 15) is 0 Å². The van der Waals surface area contributed by atoms with Crippen molar-refractivity contribution in [3.63, 3.8) is 0 Å². The van der Waals surface area contributed by atoms with Crippen LogP contribution in [0.3, 0.4) is 0 Å². The molecule has 5 heteroatoms. The molecule has 0 aliphatic rings. The van der Waals surface area contributed by atoms with E-state index in [0.717, 1.165) is 25.3 Å². The highest BCUT2D eigenvalue weighted by Gasteiger charge is 2.41. The second-order valence-corrected chi connectivity index (χ2v) is 7.12. The summed E-state index contributed by atoms with van der Waals surface area (Å²) in [7, 11) is -2.45. The Bertz CT molecular complexity index is 164. The third kappa shape index (κ3) is 7.42. The predicted octanol–water partition coefficient (Wildman–Crippen LogP) is 3.83. The van der Waals surface area contributed by atoms with Crippen LogP contribution in [0.15, 0.2) is 0 Å². The first-order valence-electron chi connectivity index (χ1n) is 6.65. The Kier molecular flexibility index (Phi) is 10.6. The van der Waals surface area contributed by atoms with Gasteiger partial charge in [0.05, 0.1) is 0 Å². The molecule has 1 unspecified atom stereocenters. The van der Waals surface area contributed by atoms with Gasteiger partial charge in [0.15, 0.2) is 0 Å². The second-order valence-electron chi connectivity index (χ2n) is 4.06. The van der Waals surface area contributed by atoms with Crippen molar-refractivity contribution < 1.29 is 13.3 Å². The van der Waals surface area contributed by atoms with Gasteiger partial charge in [-0.15, -0.1) is 11.6 Å². The smallest absolute Gasteiger partial charge is 0.374 e. The Hall–Kier alpha value is 0.387. The maximum Gasteiger partial charge on any atom is 0.501 e.